The number of nitrogens with zero attached hydrogens (tertiary/aromatic N) is 2. The number of aromatic nitrogens is 1. The van der Waals surface area contributed by atoms with E-state index in [4.69, 9.17) is 4.74 Å². The fourth-order valence-corrected chi connectivity index (χ4v) is 4.32. The monoisotopic (exact) mass is 294 g/mol. The molecule has 1 amide bonds. The maximum atomic E-state index is 11.6. The highest BCUT2D eigenvalue weighted by atomic mass is 32.1. The lowest BCUT2D eigenvalue weighted by Gasteiger charge is -2.28. The number of likely N-dealkylation sites (tertiary alicyclic amines) is 1. The maximum absolute atomic E-state index is 11.6. The van der Waals surface area contributed by atoms with Gasteiger partial charge in [-0.1, -0.05) is 6.42 Å². The summed E-state index contributed by atoms with van der Waals surface area (Å²) in [5.41, 5.74) is 1.23. The average Bonchev–Trinajstić information content (AvgIpc) is 3.03. The number of hydrogen-bond donors (Lipinski definition) is 0. The molecular formula is C15H22N2O2S. The Bertz CT molecular complexity index is 502. The second-order valence-corrected chi connectivity index (χ2v) is 7.26. The van der Waals surface area contributed by atoms with Crippen LogP contribution in [0.2, 0.25) is 0 Å². The van der Waals surface area contributed by atoms with Gasteiger partial charge in [0.2, 0.25) is 5.91 Å². The van der Waals surface area contributed by atoms with Gasteiger partial charge in [-0.3, -0.25) is 4.79 Å². The van der Waals surface area contributed by atoms with Crippen LogP contribution in [0, 0.1) is 18.3 Å². The van der Waals surface area contributed by atoms with Crippen LogP contribution in [-0.4, -0.2) is 35.5 Å². The van der Waals surface area contributed by atoms with Gasteiger partial charge in [-0.15, -0.1) is 11.3 Å². The SMILES string of the molecule is CC(=O)N1C[C@H]2CCC[C@]2(COCc2csc(C)n2)C1. The zero-order valence-corrected chi connectivity index (χ0v) is 13.0. The molecule has 2 aliphatic rings. The smallest absolute Gasteiger partial charge is 0.219 e. The zero-order chi connectivity index (χ0) is 14.2. The third-order valence-corrected chi connectivity index (χ3v) is 5.61. The van der Waals surface area contributed by atoms with Crippen LogP contribution in [0.5, 0.6) is 0 Å². The van der Waals surface area contributed by atoms with Crippen molar-refractivity contribution in [1.82, 2.24) is 9.88 Å². The van der Waals surface area contributed by atoms with Crippen LogP contribution in [0.3, 0.4) is 0 Å². The van der Waals surface area contributed by atoms with Crippen molar-refractivity contribution in [3.63, 3.8) is 0 Å². The summed E-state index contributed by atoms with van der Waals surface area (Å²) in [5, 5.41) is 3.15. The summed E-state index contributed by atoms with van der Waals surface area (Å²) in [6.07, 6.45) is 3.70. The Morgan fingerprint density at radius 3 is 3.20 bits per heavy atom. The molecule has 0 unspecified atom stereocenters. The zero-order valence-electron chi connectivity index (χ0n) is 12.2. The summed E-state index contributed by atoms with van der Waals surface area (Å²) < 4.78 is 5.96. The molecule has 3 rings (SSSR count). The van der Waals surface area contributed by atoms with Gasteiger partial charge in [0, 0.05) is 30.8 Å². The highest BCUT2D eigenvalue weighted by Gasteiger charge is 2.50. The molecule has 1 aromatic heterocycles. The molecule has 1 aliphatic carbocycles. The first kappa shape index (κ1) is 14.0. The number of rotatable bonds is 4. The van der Waals surface area contributed by atoms with Gasteiger partial charge in [0.05, 0.1) is 23.9 Å². The molecule has 110 valence electrons. The Hall–Kier alpha value is -0.940. The number of ether oxygens (including phenoxy) is 1. The highest BCUT2D eigenvalue weighted by molar-refractivity contribution is 7.09. The van der Waals surface area contributed by atoms with Crippen LogP contribution >= 0.6 is 11.3 Å². The van der Waals surface area contributed by atoms with Gasteiger partial charge < -0.3 is 9.64 Å². The summed E-state index contributed by atoms with van der Waals surface area (Å²) in [5.74, 6) is 0.831. The van der Waals surface area contributed by atoms with Crippen LogP contribution < -0.4 is 0 Å². The van der Waals surface area contributed by atoms with Crippen molar-refractivity contribution in [2.75, 3.05) is 19.7 Å². The lowest BCUT2D eigenvalue weighted by atomic mass is 9.81. The highest BCUT2D eigenvalue weighted by Crippen LogP contribution is 2.48. The predicted octanol–water partition coefficient (Wildman–Crippen LogP) is 2.62. The summed E-state index contributed by atoms with van der Waals surface area (Å²) >= 11 is 1.67. The normalized spacial score (nSPS) is 28.9. The van der Waals surface area contributed by atoms with Crippen LogP contribution in [0.15, 0.2) is 5.38 Å². The van der Waals surface area contributed by atoms with Gasteiger partial charge in [-0.2, -0.15) is 0 Å². The molecule has 0 N–H and O–H groups in total. The van der Waals surface area contributed by atoms with E-state index in [9.17, 15) is 4.79 Å². The molecule has 2 fully saturated rings. The average molecular weight is 294 g/mol. The molecule has 2 heterocycles. The molecule has 0 aromatic carbocycles. The number of fused-ring (bicyclic) bond motifs is 1. The molecule has 1 saturated carbocycles. The summed E-state index contributed by atoms with van der Waals surface area (Å²) in [6, 6.07) is 0. The van der Waals surface area contributed by atoms with Crippen molar-refractivity contribution in [1.29, 1.82) is 0 Å². The molecular weight excluding hydrogens is 272 g/mol. The number of carbonyl (C=O) groups excluding carboxylic acids is 1. The number of thiazole rings is 1. The Morgan fingerprint density at radius 1 is 1.65 bits per heavy atom. The van der Waals surface area contributed by atoms with E-state index in [1.165, 1.54) is 19.3 Å². The Labute approximate surface area is 124 Å². The van der Waals surface area contributed by atoms with Crippen LogP contribution in [0.4, 0.5) is 0 Å². The Balaban J connectivity index is 1.59. The number of amides is 1. The minimum atomic E-state index is 0.203. The van der Waals surface area contributed by atoms with Crippen molar-refractivity contribution in [3.8, 4) is 0 Å². The van der Waals surface area contributed by atoms with E-state index < -0.39 is 0 Å². The Kier molecular flexibility index (Phi) is 3.82. The molecule has 0 radical (unpaired) electrons. The molecule has 5 heteroatoms. The number of hydrogen-bond acceptors (Lipinski definition) is 4. The molecule has 0 bridgehead atoms. The van der Waals surface area contributed by atoms with Gasteiger partial charge in [0.1, 0.15) is 0 Å². The topological polar surface area (TPSA) is 42.4 Å². The van der Waals surface area contributed by atoms with E-state index in [0.29, 0.717) is 12.5 Å². The van der Waals surface area contributed by atoms with E-state index in [1.54, 1.807) is 18.3 Å². The van der Waals surface area contributed by atoms with Gasteiger partial charge >= 0.3 is 0 Å². The quantitative estimate of drug-likeness (QED) is 0.857. The second-order valence-electron chi connectivity index (χ2n) is 6.20. The van der Waals surface area contributed by atoms with Crippen molar-refractivity contribution >= 4 is 17.2 Å². The first-order chi connectivity index (χ1) is 9.59. The predicted molar refractivity (Wildman–Crippen MR) is 78.5 cm³/mol. The van der Waals surface area contributed by atoms with Crippen molar-refractivity contribution < 1.29 is 9.53 Å². The molecule has 4 nitrogen and oxygen atoms in total. The molecule has 0 spiro atoms. The third-order valence-electron chi connectivity index (χ3n) is 4.79. The number of carbonyl (C=O) groups is 1. The second kappa shape index (κ2) is 5.45. The summed E-state index contributed by atoms with van der Waals surface area (Å²) in [4.78, 5) is 18.0. The standard InChI is InChI=1S/C15H22N2O2S/c1-11-16-14(8-20-11)7-19-10-15-5-3-4-13(15)6-17(9-15)12(2)18/h8,13H,3-7,9-10H2,1-2H3/t13-,15-/m1/s1. The minimum Gasteiger partial charge on any atom is -0.374 e. The fraction of sp³-hybridized carbons (Fsp3) is 0.733. The molecule has 20 heavy (non-hydrogen) atoms. The minimum absolute atomic E-state index is 0.203. The van der Waals surface area contributed by atoms with Crippen molar-refractivity contribution in [2.45, 2.75) is 39.7 Å². The van der Waals surface area contributed by atoms with E-state index in [-0.39, 0.29) is 11.3 Å². The van der Waals surface area contributed by atoms with Crippen LogP contribution in [-0.2, 0) is 16.1 Å². The van der Waals surface area contributed by atoms with Gasteiger partial charge in [-0.05, 0) is 25.7 Å². The number of aryl methyl sites for hydroxylation is 1. The van der Waals surface area contributed by atoms with Gasteiger partial charge in [0.25, 0.3) is 0 Å². The van der Waals surface area contributed by atoms with E-state index in [2.05, 4.69) is 10.4 Å². The molecule has 1 aromatic rings. The van der Waals surface area contributed by atoms with E-state index in [0.717, 1.165) is 30.4 Å². The van der Waals surface area contributed by atoms with Crippen LogP contribution in [0.1, 0.15) is 36.9 Å². The summed E-state index contributed by atoms with van der Waals surface area (Å²) in [6.45, 7) is 6.85. The van der Waals surface area contributed by atoms with Crippen LogP contribution in [0.25, 0.3) is 0 Å². The van der Waals surface area contributed by atoms with Gasteiger partial charge in [0.15, 0.2) is 0 Å². The maximum Gasteiger partial charge on any atom is 0.219 e. The molecule has 1 saturated heterocycles. The fourth-order valence-electron chi connectivity index (χ4n) is 3.72. The first-order valence-electron chi connectivity index (χ1n) is 7.33. The van der Waals surface area contributed by atoms with Crippen molar-refractivity contribution in [2.24, 2.45) is 11.3 Å². The van der Waals surface area contributed by atoms with E-state index in [1.807, 2.05) is 11.8 Å². The summed E-state index contributed by atoms with van der Waals surface area (Å²) in [7, 11) is 0. The lowest BCUT2D eigenvalue weighted by molar-refractivity contribution is -0.128. The Morgan fingerprint density at radius 2 is 2.50 bits per heavy atom. The largest absolute Gasteiger partial charge is 0.374 e. The first-order valence-corrected chi connectivity index (χ1v) is 8.21. The van der Waals surface area contributed by atoms with E-state index >= 15 is 0 Å². The van der Waals surface area contributed by atoms with Gasteiger partial charge in [-0.25, -0.2) is 4.98 Å². The molecule has 2 atom stereocenters. The lowest BCUT2D eigenvalue weighted by Crippen LogP contribution is -2.33. The van der Waals surface area contributed by atoms with Crippen molar-refractivity contribution in [3.05, 3.63) is 16.1 Å². The molecule has 1 aliphatic heterocycles. The third kappa shape index (κ3) is 2.61.